The Morgan fingerprint density at radius 2 is 2.05 bits per heavy atom. The van der Waals surface area contributed by atoms with Crippen LogP contribution < -0.4 is 5.32 Å². The van der Waals surface area contributed by atoms with Gasteiger partial charge in [0.25, 0.3) is 0 Å². The molecule has 0 aliphatic carbocycles. The predicted octanol–water partition coefficient (Wildman–Crippen LogP) is 2.66. The Hall–Kier alpha value is -1.03. The molecule has 1 aromatic heterocycles. The highest BCUT2D eigenvalue weighted by Crippen LogP contribution is 2.23. The van der Waals surface area contributed by atoms with Crippen molar-refractivity contribution < 1.29 is 0 Å². The third kappa shape index (κ3) is 3.11. The molecule has 1 aromatic carbocycles. The Bertz CT molecular complexity index is 543. The minimum Gasteiger partial charge on any atom is -0.361 e. The summed E-state index contributed by atoms with van der Waals surface area (Å²) >= 11 is 6.07. The highest BCUT2D eigenvalue weighted by molar-refractivity contribution is 6.31. The minimum atomic E-state index is 0.815. The van der Waals surface area contributed by atoms with Gasteiger partial charge in [-0.3, -0.25) is 0 Å². The number of hydrogen-bond acceptors (Lipinski definition) is 2. The molecule has 1 saturated heterocycles. The first kappa shape index (κ1) is 13.0. The molecule has 0 radical (unpaired) electrons. The van der Waals surface area contributed by atoms with Crippen LogP contribution in [0.4, 0.5) is 0 Å². The van der Waals surface area contributed by atoms with Gasteiger partial charge in [-0.15, -0.1) is 0 Å². The summed E-state index contributed by atoms with van der Waals surface area (Å²) in [6, 6.07) is 6.05. The van der Waals surface area contributed by atoms with Crippen LogP contribution in [0, 0.1) is 0 Å². The maximum atomic E-state index is 6.07. The van der Waals surface area contributed by atoms with E-state index in [2.05, 4.69) is 33.5 Å². The van der Waals surface area contributed by atoms with Crippen molar-refractivity contribution >= 4 is 22.5 Å². The number of aromatic nitrogens is 1. The summed E-state index contributed by atoms with van der Waals surface area (Å²) < 4.78 is 0. The average Bonchev–Trinajstić information content (AvgIpc) is 2.83. The lowest BCUT2D eigenvalue weighted by atomic mass is 10.1. The van der Waals surface area contributed by atoms with Crippen LogP contribution in [0.5, 0.6) is 0 Å². The zero-order valence-corrected chi connectivity index (χ0v) is 11.8. The predicted molar refractivity (Wildman–Crippen MR) is 80.9 cm³/mol. The molecule has 102 valence electrons. The first-order valence-electron chi connectivity index (χ1n) is 7.01. The van der Waals surface area contributed by atoms with Gasteiger partial charge in [0.1, 0.15) is 0 Å². The number of H-pyrrole nitrogens is 1. The van der Waals surface area contributed by atoms with Crippen molar-refractivity contribution in [3.05, 3.63) is 35.0 Å². The monoisotopic (exact) mass is 277 g/mol. The molecule has 0 unspecified atom stereocenters. The number of fused-ring (bicyclic) bond motifs is 1. The number of benzene rings is 1. The van der Waals surface area contributed by atoms with Crippen LogP contribution in [-0.4, -0.2) is 42.6 Å². The third-order valence-corrected chi connectivity index (χ3v) is 4.09. The molecule has 0 saturated carbocycles. The van der Waals surface area contributed by atoms with Crippen molar-refractivity contribution in [2.75, 3.05) is 32.7 Å². The van der Waals surface area contributed by atoms with E-state index in [4.69, 9.17) is 11.6 Å². The molecule has 0 spiro atoms. The quantitative estimate of drug-likeness (QED) is 0.900. The number of aryl methyl sites for hydroxylation is 1. The van der Waals surface area contributed by atoms with Crippen LogP contribution in [0.2, 0.25) is 5.02 Å². The van der Waals surface area contributed by atoms with Crippen molar-refractivity contribution in [1.82, 2.24) is 15.2 Å². The van der Waals surface area contributed by atoms with Gasteiger partial charge in [0.05, 0.1) is 0 Å². The number of halogens is 1. The van der Waals surface area contributed by atoms with E-state index in [0.29, 0.717) is 0 Å². The fraction of sp³-hybridized carbons (Fsp3) is 0.467. The summed E-state index contributed by atoms with van der Waals surface area (Å²) in [5, 5.41) is 5.47. The van der Waals surface area contributed by atoms with E-state index in [9.17, 15) is 0 Å². The Morgan fingerprint density at radius 3 is 2.89 bits per heavy atom. The normalized spacial score (nSPS) is 17.1. The number of aromatic amines is 1. The summed E-state index contributed by atoms with van der Waals surface area (Å²) in [6.07, 6.45) is 4.45. The number of piperazine rings is 1. The lowest BCUT2D eigenvalue weighted by molar-refractivity contribution is 0.238. The number of hydrogen-bond donors (Lipinski definition) is 2. The molecule has 3 nitrogen and oxygen atoms in total. The van der Waals surface area contributed by atoms with E-state index in [1.54, 1.807) is 0 Å². The topological polar surface area (TPSA) is 31.1 Å². The Labute approximate surface area is 118 Å². The van der Waals surface area contributed by atoms with Crippen LogP contribution in [0.15, 0.2) is 24.4 Å². The van der Waals surface area contributed by atoms with Crippen LogP contribution in [0.3, 0.4) is 0 Å². The second-order valence-corrected chi connectivity index (χ2v) is 5.64. The molecule has 19 heavy (non-hydrogen) atoms. The van der Waals surface area contributed by atoms with Gasteiger partial charge in [-0.25, -0.2) is 0 Å². The van der Waals surface area contributed by atoms with Gasteiger partial charge in [-0.05, 0) is 43.1 Å². The van der Waals surface area contributed by atoms with Crippen molar-refractivity contribution in [2.24, 2.45) is 0 Å². The van der Waals surface area contributed by atoms with E-state index in [0.717, 1.165) is 24.5 Å². The molecule has 1 fully saturated rings. The number of nitrogens with one attached hydrogen (secondary N) is 2. The summed E-state index contributed by atoms with van der Waals surface area (Å²) in [6.45, 7) is 5.81. The molecule has 4 heteroatoms. The smallest absolute Gasteiger partial charge is 0.0457 e. The summed E-state index contributed by atoms with van der Waals surface area (Å²) in [5.74, 6) is 0. The van der Waals surface area contributed by atoms with Crippen molar-refractivity contribution in [3.63, 3.8) is 0 Å². The van der Waals surface area contributed by atoms with Gasteiger partial charge < -0.3 is 15.2 Å². The molecule has 2 heterocycles. The maximum absolute atomic E-state index is 6.07. The molecule has 0 bridgehead atoms. The Kier molecular flexibility index (Phi) is 4.06. The van der Waals surface area contributed by atoms with E-state index in [1.807, 2.05) is 6.07 Å². The SMILES string of the molecule is Clc1ccc2[nH]cc(CCCN3CCNCC3)c2c1. The van der Waals surface area contributed by atoms with Crippen LogP contribution in [0.25, 0.3) is 10.9 Å². The largest absolute Gasteiger partial charge is 0.361 e. The van der Waals surface area contributed by atoms with Gasteiger partial charge in [-0.1, -0.05) is 11.6 Å². The molecule has 0 atom stereocenters. The molecule has 3 rings (SSSR count). The molecule has 1 aliphatic rings. The fourth-order valence-electron chi connectivity index (χ4n) is 2.79. The van der Waals surface area contributed by atoms with Gasteiger partial charge >= 0.3 is 0 Å². The summed E-state index contributed by atoms with van der Waals surface area (Å²) in [4.78, 5) is 5.86. The molecular formula is C15H20ClN3. The van der Waals surface area contributed by atoms with Crippen molar-refractivity contribution in [1.29, 1.82) is 0 Å². The highest BCUT2D eigenvalue weighted by Gasteiger charge is 2.09. The van der Waals surface area contributed by atoms with Crippen LogP contribution in [0.1, 0.15) is 12.0 Å². The van der Waals surface area contributed by atoms with Gasteiger partial charge in [0, 0.05) is 48.3 Å². The lowest BCUT2D eigenvalue weighted by Gasteiger charge is -2.26. The molecule has 2 aromatic rings. The van der Waals surface area contributed by atoms with Gasteiger partial charge in [0.15, 0.2) is 0 Å². The first-order chi connectivity index (χ1) is 9.33. The fourth-order valence-corrected chi connectivity index (χ4v) is 2.96. The zero-order chi connectivity index (χ0) is 13.1. The lowest BCUT2D eigenvalue weighted by Crippen LogP contribution is -2.43. The third-order valence-electron chi connectivity index (χ3n) is 3.86. The van der Waals surface area contributed by atoms with Gasteiger partial charge in [0.2, 0.25) is 0 Å². The van der Waals surface area contributed by atoms with Crippen molar-refractivity contribution in [2.45, 2.75) is 12.8 Å². The standard InChI is InChI=1S/C15H20ClN3/c16-13-3-4-15-14(10-13)12(11-18-15)2-1-7-19-8-5-17-6-9-19/h3-4,10-11,17-18H,1-2,5-9H2. The van der Waals surface area contributed by atoms with Crippen LogP contribution >= 0.6 is 11.6 Å². The Morgan fingerprint density at radius 1 is 1.21 bits per heavy atom. The average molecular weight is 278 g/mol. The number of rotatable bonds is 4. The van der Waals surface area contributed by atoms with E-state index < -0.39 is 0 Å². The first-order valence-corrected chi connectivity index (χ1v) is 7.39. The van der Waals surface area contributed by atoms with E-state index in [1.165, 1.54) is 42.5 Å². The second-order valence-electron chi connectivity index (χ2n) is 5.20. The van der Waals surface area contributed by atoms with Gasteiger partial charge in [-0.2, -0.15) is 0 Å². The Balaban J connectivity index is 1.60. The number of nitrogens with zero attached hydrogens (tertiary/aromatic N) is 1. The summed E-state index contributed by atoms with van der Waals surface area (Å²) in [7, 11) is 0. The highest BCUT2D eigenvalue weighted by atomic mass is 35.5. The second kappa shape index (κ2) is 5.95. The van der Waals surface area contributed by atoms with Crippen molar-refractivity contribution in [3.8, 4) is 0 Å². The van der Waals surface area contributed by atoms with E-state index >= 15 is 0 Å². The molecular weight excluding hydrogens is 258 g/mol. The zero-order valence-electron chi connectivity index (χ0n) is 11.1. The summed E-state index contributed by atoms with van der Waals surface area (Å²) in [5.41, 5.74) is 2.56. The molecule has 2 N–H and O–H groups in total. The minimum absolute atomic E-state index is 0.815. The van der Waals surface area contributed by atoms with Crippen LogP contribution in [-0.2, 0) is 6.42 Å². The van der Waals surface area contributed by atoms with E-state index in [-0.39, 0.29) is 0 Å². The molecule has 1 aliphatic heterocycles. The molecule has 0 amide bonds. The maximum Gasteiger partial charge on any atom is 0.0457 e.